The first-order chi connectivity index (χ1) is 14.3. The summed E-state index contributed by atoms with van der Waals surface area (Å²) in [5, 5.41) is 0. The third kappa shape index (κ3) is 5.06. The highest BCUT2D eigenvalue weighted by atomic mass is 16.1. The lowest BCUT2D eigenvalue weighted by Crippen LogP contribution is -2.50. The number of carbonyl (C=O) groups is 1. The molecule has 0 bridgehead atoms. The standard InChI is InChI=1S/C25H40O.C4H8.CH4/c1-17(2)8-13-23(26)22-12-11-20-19-10-9-18-7-5-6-15-24(18,3)21(19)14-16-25(20,22)4;1-3-4-2;/h9,17,19-22H,5-8,10-16H2,1-4H3;3-4H,1-2H3;1H4/b;4-3-;. The highest BCUT2D eigenvalue weighted by Crippen LogP contribution is 2.66. The Kier molecular flexibility index (Phi) is 9.24. The molecule has 0 spiro atoms. The Bertz CT molecular complexity index is 651. The maximum absolute atomic E-state index is 13.0. The molecular formula is C30H52O. The first-order valence-corrected chi connectivity index (χ1v) is 13.1. The van der Waals surface area contributed by atoms with Gasteiger partial charge < -0.3 is 0 Å². The van der Waals surface area contributed by atoms with Crippen molar-refractivity contribution in [3.05, 3.63) is 23.8 Å². The van der Waals surface area contributed by atoms with E-state index in [-0.39, 0.29) is 7.43 Å². The van der Waals surface area contributed by atoms with Crippen molar-refractivity contribution >= 4 is 5.78 Å². The number of allylic oxidation sites excluding steroid dienone is 4. The second-order valence-corrected chi connectivity index (χ2v) is 11.7. The second kappa shape index (κ2) is 10.8. The number of carbonyl (C=O) groups excluding carboxylic acids is 1. The molecule has 3 saturated carbocycles. The molecule has 0 saturated heterocycles. The molecule has 0 N–H and O–H groups in total. The lowest BCUT2D eigenvalue weighted by Gasteiger charge is -2.57. The van der Waals surface area contributed by atoms with Gasteiger partial charge >= 0.3 is 0 Å². The molecule has 0 heterocycles. The summed E-state index contributed by atoms with van der Waals surface area (Å²) in [4.78, 5) is 13.0. The first-order valence-electron chi connectivity index (χ1n) is 13.1. The van der Waals surface area contributed by atoms with Gasteiger partial charge in [-0.15, -0.1) is 0 Å². The third-order valence-corrected chi connectivity index (χ3v) is 9.71. The second-order valence-electron chi connectivity index (χ2n) is 11.7. The Hall–Kier alpha value is -0.850. The molecule has 0 aromatic rings. The largest absolute Gasteiger partial charge is 0.299 e. The zero-order valence-electron chi connectivity index (χ0n) is 20.8. The van der Waals surface area contributed by atoms with Gasteiger partial charge in [0.05, 0.1) is 0 Å². The first kappa shape index (κ1) is 26.4. The summed E-state index contributed by atoms with van der Waals surface area (Å²) in [5.41, 5.74) is 2.59. The van der Waals surface area contributed by atoms with Gasteiger partial charge in [0, 0.05) is 12.3 Å². The van der Waals surface area contributed by atoms with Gasteiger partial charge in [0.15, 0.2) is 0 Å². The summed E-state index contributed by atoms with van der Waals surface area (Å²) in [7, 11) is 0. The molecule has 4 aliphatic carbocycles. The monoisotopic (exact) mass is 428 g/mol. The molecule has 6 atom stereocenters. The van der Waals surface area contributed by atoms with Crippen molar-refractivity contribution in [3.63, 3.8) is 0 Å². The van der Waals surface area contributed by atoms with Crippen LogP contribution >= 0.6 is 0 Å². The molecule has 4 rings (SSSR count). The zero-order chi connectivity index (χ0) is 21.9. The zero-order valence-corrected chi connectivity index (χ0v) is 20.8. The summed E-state index contributed by atoms with van der Waals surface area (Å²) in [5.74, 6) is 4.14. The van der Waals surface area contributed by atoms with Gasteiger partial charge in [-0.25, -0.2) is 0 Å². The van der Waals surface area contributed by atoms with Crippen LogP contribution in [0.25, 0.3) is 0 Å². The molecule has 0 aliphatic heterocycles. The van der Waals surface area contributed by atoms with Gasteiger partial charge in [-0.3, -0.25) is 4.79 Å². The fourth-order valence-corrected chi connectivity index (χ4v) is 7.83. The molecule has 1 nitrogen and oxygen atoms in total. The van der Waals surface area contributed by atoms with Crippen LogP contribution < -0.4 is 0 Å². The number of rotatable bonds is 4. The van der Waals surface area contributed by atoms with Crippen LogP contribution in [0, 0.1) is 40.4 Å². The Morgan fingerprint density at radius 3 is 2.42 bits per heavy atom. The Labute approximate surface area is 194 Å². The average molecular weight is 429 g/mol. The molecule has 0 aromatic carbocycles. The Balaban J connectivity index is 0.000000631. The van der Waals surface area contributed by atoms with Gasteiger partial charge in [0.1, 0.15) is 5.78 Å². The lowest BCUT2D eigenvalue weighted by molar-refractivity contribution is -0.129. The number of hydrogen-bond donors (Lipinski definition) is 0. The molecule has 0 radical (unpaired) electrons. The van der Waals surface area contributed by atoms with E-state index in [9.17, 15) is 4.79 Å². The van der Waals surface area contributed by atoms with E-state index in [0.29, 0.717) is 28.4 Å². The van der Waals surface area contributed by atoms with Gasteiger partial charge in [-0.2, -0.15) is 0 Å². The van der Waals surface area contributed by atoms with Crippen LogP contribution in [0.1, 0.15) is 120 Å². The minimum Gasteiger partial charge on any atom is -0.299 e. The van der Waals surface area contributed by atoms with Crippen LogP contribution in [0.2, 0.25) is 0 Å². The molecule has 178 valence electrons. The molecule has 1 heteroatoms. The van der Waals surface area contributed by atoms with Gasteiger partial charge in [0.25, 0.3) is 0 Å². The van der Waals surface area contributed by atoms with Crippen molar-refractivity contribution in [2.24, 2.45) is 40.4 Å². The van der Waals surface area contributed by atoms with Crippen LogP contribution in [-0.4, -0.2) is 5.78 Å². The maximum Gasteiger partial charge on any atom is 0.136 e. The van der Waals surface area contributed by atoms with Gasteiger partial charge in [-0.1, -0.05) is 65.3 Å². The Morgan fingerprint density at radius 2 is 1.77 bits per heavy atom. The smallest absolute Gasteiger partial charge is 0.136 e. The van der Waals surface area contributed by atoms with E-state index in [1.165, 1.54) is 57.8 Å². The van der Waals surface area contributed by atoms with E-state index < -0.39 is 0 Å². The van der Waals surface area contributed by atoms with Gasteiger partial charge in [0.2, 0.25) is 0 Å². The lowest BCUT2D eigenvalue weighted by atomic mass is 9.47. The SMILES string of the molecule is C.C/C=C\C.CC(C)CCC(=O)C1CCC2C3CC=C4CCCCC4(C)C3CCC12C. The van der Waals surface area contributed by atoms with Crippen LogP contribution in [0.4, 0.5) is 0 Å². The van der Waals surface area contributed by atoms with E-state index in [1.54, 1.807) is 5.57 Å². The summed E-state index contributed by atoms with van der Waals surface area (Å²) in [6, 6.07) is 0. The quantitative estimate of drug-likeness (QED) is 0.408. The number of fused-ring (bicyclic) bond motifs is 5. The van der Waals surface area contributed by atoms with E-state index >= 15 is 0 Å². The fraction of sp³-hybridized carbons (Fsp3) is 0.833. The van der Waals surface area contributed by atoms with E-state index in [0.717, 1.165) is 30.6 Å². The minimum atomic E-state index is 0. The summed E-state index contributed by atoms with van der Waals surface area (Å²) in [6.07, 6.45) is 20.6. The van der Waals surface area contributed by atoms with Crippen molar-refractivity contribution in [2.45, 2.75) is 120 Å². The number of Topliss-reactive ketones (excluding diaryl/α,β-unsaturated/α-hetero) is 1. The summed E-state index contributed by atoms with van der Waals surface area (Å²) >= 11 is 0. The van der Waals surface area contributed by atoms with Crippen LogP contribution in [0.5, 0.6) is 0 Å². The highest BCUT2D eigenvalue weighted by Gasteiger charge is 2.59. The van der Waals surface area contributed by atoms with E-state index in [1.807, 2.05) is 26.0 Å². The fourth-order valence-electron chi connectivity index (χ4n) is 7.83. The van der Waals surface area contributed by atoms with Crippen molar-refractivity contribution in [1.29, 1.82) is 0 Å². The predicted molar refractivity (Wildman–Crippen MR) is 136 cm³/mol. The summed E-state index contributed by atoms with van der Waals surface area (Å²) in [6.45, 7) is 13.6. The van der Waals surface area contributed by atoms with E-state index in [4.69, 9.17) is 0 Å². The highest BCUT2D eigenvalue weighted by molar-refractivity contribution is 5.82. The van der Waals surface area contributed by atoms with Crippen LogP contribution in [0.3, 0.4) is 0 Å². The molecule has 0 amide bonds. The van der Waals surface area contributed by atoms with Crippen molar-refractivity contribution < 1.29 is 4.79 Å². The maximum atomic E-state index is 13.0. The van der Waals surface area contributed by atoms with Crippen molar-refractivity contribution in [2.75, 3.05) is 0 Å². The topological polar surface area (TPSA) is 17.1 Å². The van der Waals surface area contributed by atoms with E-state index in [2.05, 4.69) is 33.8 Å². The normalized spacial score (nSPS) is 38.9. The molecule has 6 unspecified atom stereocenters. The molecular weight excluding hydrogens is 376 g/mol. The minimum absolute atomic E-state index is 0. The van der Waals surface area contributed by atoms with Crippen LogP contribution in [-0.2, 0) is 4.79 Å². The Morgan fingerprint density at radius 1 is 1.06 bits per heavy atom. The van der Waals surface area contributed by atoms with Crippen molar-refractivity contribution in [3.8, 4) is 0 Å². The number of hydrogen-bond acceptors (Lipinski definition) is 1. The third-order valence-electron chi connectivity index (χ3n) is 9.71. The molecule has 31 heavy (non-hydrogen) atoms. The summed E-state index contributed by atoms with van der Waals surface area (Å²) < 4.78 is 0. The van der Waals surface area contributed by atoms with Crippen molar-refractivity contribution in [1.82, 2.24) is 0 Å². The van der Waals surface area contributed by atoms with Gasteiger partial charge in [-0.05, 0) is 106 Å². The average Bonchev–Trinajstić information content (AvgIpc) is 3.09. The van der Waals surface area contributed by atoms with Crippen LogP contribution in [0.15, 0.2) is 23.8 Å². The molecule has 0 aromatic heterocycles. The number of ketones is 1. The predicted octanol–water partition coefficient (Wildman–Crippen LogP) is 9.18. The molecule has 3 fully saturated rings. The molecule has 4 aliphatic rings.